The zero-order valence-electron chi connectivity index (χ0n) is 7.50. The van der Waals surface area contributed by atoms with Crippen LogP contribution in [-0.2, 0) is 4.74 Å². The highest BCUT2D eigenvalue weighted by molar-refractivity contribution is 9.10. The number of aromatic hydroxyl groups is 1. The van der Waals surface area contributed by atoms with Gasteiger partial charge in [0.1, 0.15) is 10.4 Å². The van der Waals surface area contributed by atoms with Crippen molar-refractivity contribution in [3.8, 4) is 5.75 Å². The number of aromatic nitrogens is 1. The topological polar surface area (TPSA) is 59.4 Å². The summed E-state index contributed by atoms with van der Waals surface area (Å²) < 4.78 is 29.1. The Kier molecular flexibility index (Phi) is 3.57. The van der Waals surface area contributed by atoms with Crippen molar-refractivity contribution in [2.24, 2.45) is 0 Å². The Balaban J connectivity index is 3.34. The maximum Gasteiger partial charge on any atom is 0.357 e. The van der Waals surface area contributed by atoms with E-state index in [0.717, 1.165) is 13.2 Å². The van der Waals surface area contributed by atoms with Crippen LogP contribution in [0.2, 0.25) is 0 Å². The molecular formula is C8H6BrF2NO3. The quantitative estimate of drug-likeness (QED) is 0.667. The molecular weight excluding hydrogens is 276 g/mol. The minimum Gasteiger partial charge on any atom is -0.505 e. The first-order chi connectivity index (χ1) is 6.97. The maximum absolute atomic E-state index is 12.5. The number of halogens is 3. The molecule has 0 atom stereocenters. The number of pyridine rings is 1. The van der Waals surface area contributed by atoms with E-state index in [4.69, 9.17) is 5.11 Å². The molecule has 0 fully saturated rings. The van der Waals surface area contributed by atoms with Crippen LogP contribution in [0.4, 0.5) is 8.78 Å². The summed E-state index contributed by atoms with van der Waals surface area (Å²) in [5.41, 5.74) is -1.18. The third kappa shape index (κ3) is 2.41. The van der Waals surface area contributed by atoms with Crippen molar-refractivity contribution in [3.05, 3.63) is 21.9 Å². The lowest BCUT2D eigenvalue weighted by Crippen LogP contribution is -2.09. The molecule has 1 heterocycles. The molecule has 0 saturated heterocycles. The second-order valence-corrected chi connectivity index (χ2v) is 3.28. The van der Waals surface area contributed by atoms with E-state index < -0.39 is 29.4 Å². The molecule has 0 aromatic carbocycles. The summed E-state index contributed by atoms with van der Waals surface area (Å²) in [6.45, 7) is 0. The van der Waals surface area contributed by atoms with E-state index in [2.05, 4.69) is 25.7 Å². The van der Waals surface area contributed by atoms with E-state index in [0.29, 0.717) is 0 Å². The van der Waals surface area contributed by atoms with Gasteiger partial charge in [-0.15, -0.1) is 0 Å². The fourth-order valence-corrected chi connectivity index (χ4v) is 1.21. The molecule has 1 aromatic rings. The van der Waals surface area contributed by atoms with Gasteiger partial charge in [-0.2, -0.15) is 0 Å². The van der Waals surface area contributed by atoms with Gasteiger partial charge in [0, 0.05) is 0 Å². The lowest BCUT2D eigenvalue weighted by Gasteiger charge is -2.07. The normalized spacial score (nSPS) is 10.5. The van der Waals surface area contributed by atoms with Crippen molar-refractivity contribution in [2.45, 2.75) is 6.43 Å². The van der Waals surface area contributed by atoms with Gasteiger partial charge in [-0.3, -0.25) is 0 Å². The van der Waals surface area contributed by atoms with Gasteiger partial charge in [0.2, 0.25) is 0 Å². The second-order valence-electron chi connectivity index (χ2n) is 2.53. The number of ether oxygens (including phenoxy) is 1. The molecule has 0 radical (unpaired) electrons. The fraction of sp³-hybridized carbons (Fsp3) is 0.250. The van der Waals surface area contributed by atoms with Crippen molar-refractivity contribution < 1.29 is 23.4 Å². The molecule has 1 N–H and O–H groups in total. The van der Waals surface area contributed by atoms with Crippen LogP contribution in [0.3, 0.4) is 0 Å². The van der Waals surface area contributed by atoms with Crippen LogP contribution in [0.25, 0.3) is 0 Å². The van der Waals surface area contributed by atoms with Crippen LogP contribution in [0, 0.1) is 0 Å². The standard InChI is InChI=1S/C8H6BrF2NO3/c1-15-8(14)5-3(7(10)11)2-4(13)6(9)12-5/h2,7,13H,1H3. The molecule has 0 spiro atoms. The number of carbonyl (C=O) groups is 1. The van der Waals surface area contributed by atoms with Crippen LogP contribution in [0.1, 0.15) is 22.5 Å². The largest absolute Gasteiger partial charge is 0.505 e. The number of hydrogen-bond donors (Lipinski definition) is 1. The first kappa shape index (κ1) is 11.8. The molecule has 0 bridgehead atoms. The number of rotatable bonds is 2. The first-order valence-corrected chi connectivity index (χ1v) is 4.52. The Morgan fingerprint density at radius 2 is 2.27 bits per heavy atom. The Labute approximate surface area is 92.0 Å². The molecule has 1 aromatic heterocycles. The van der Waals surface area contributed by atoms with E-state index >= 15 is 0 Å². The lowest BCUT2D eigenvalue weighted by atomic mass is 10.2. The highest BCUT2D eigenvalue weighted by atomic mass is 79.9. The zero-order valence-corrected chi connectivity index (χ0v) is 9.09. The van der Waals surface area contributed by atoms with Crippen LogP contribution in [0.5, 0.6) is 5.75 Å². The minimum atomic E-state index is -2.91. The zero-order chi connectivity index (χ0) is 11.6. The summed E-state index contributed by atoms with van der Waals surface area (Å²) in [6.07, 6.45) is -2.91. The van der Waals surface area contributed by atoms with Crippen molar-refractivity contribution >= 4 is 21.9 Å². The van der Waals surface area contributed by atoms with Gasteiger partial charge in [-0.05, 0) is 22.0 Å². The molecule has 7 heteroatoms. The van der Waals surface area contributed by atoms with E-state index in [1.807, 2.05) is 0 Å². The van der Waals surface area contributed by atoms with Crippen molar-refractivity contribution in [1.29, 1.82) is 0 Å². The molecule has 0 aliphatic heterocycles. The number of alkyl halides is 2. The SMILES string of the molecule is COC(=O)c1nc(Br)c(O)cc1C(F)F. The molecule has 82 valence electrons. The third-order valence-corrected chi connectivity index (χ3v) is 2.18. The number of carbonyl (C=O) groups excluding carboxylic acids is 1. The number of esters is 1. The van der Waals surface area contributed by atoms with E-state index in [1.165, 1.54) is 0 Å². The van der Waals surface area contributed by atoms with Gasteiger partial charge in [-0.1, -0.05) is 0 Å². The van der Waals surface area contributed by atoms with Crippen LogP contribution in [-0.4, -0.2) is 23.2 Å². The smallest absolute Gasteiger partial charge is 0.357 e. The summed E-state index contributed by atoms with van der Waals surface area (Å²) in [5.74, 6) is -1.44. The predicted molar refractivity (Wildman–Crippen MR) is 49.9 cm³/mol. The first-order valence-electron chi connectivity index (χ1n) is 3.73. The lowest BCUT2D eigenvalue weighted by molar-refractivity contribution is 0.0581. The Bertz CT molecular complexity index is 398. The minimum absolute atomic E-state index is 0.0905. The van der Waals surface area contributed by atoms with E-state index in [9.17, 15) is 13.6 Å². The van der Waals surface area contributed by atoms with Gasteiger partial charge in [0.25, 0.3) is 6.43 Å². The summed E-state index contributed by atoms with van der Waals surface area (Å²) in [6, 6.07) is 0.772. The van der Waals surface area contributed by atoms with Gasteiger partial charge < -0.3 is 9.84 Å². The Hall–Kier alpha value is -1.24. The highest BCUT2D eigenvalue weighted by Crippen LogP contribution is 2.30. The predicted octanol–water partition coefficient (Wildman–Crippen LogP) is 2.27. The molecule has 0 saturated carbocycles. The second kappa shape index (κ2) is 4.52. The summed E-state index contributed by atoms with van der Waals surface area (Å²) in [7, 11) is 1.06. The van der Waals surface area contributed by atoms with Gasteiger partial charge >= 0.3 is 5.97 Å². The van der Waals surface area contributed by atoms with Gasteiger partial charge in [0.05, 0.1) is 12.7 Å². The molecule has 15 heavy (non-hydrogen) atoms. The number of nitrogens with zero attached hydrogens (tertiary/aromatic N) is 1. The summed E-state index contributed by atoms with van der Waals surface area (Å²) >= 11 is 2.81. The Morgan fingerprint density at radius 1 is 1.67 bits per heavy atom. The fourth-order valence-electron chi connectivity index (χ4n) is 0.922. The molecule has 0 aliphatic carbocycles. The summed E-state index contributed by atoms with van der Waals surface area (Å²) in [5, 5.41) is 9.13. The monoisotopic (exact) mass is 281 g/mol. The average Bonchev–Trinajstić information content (AvgIpc) is 2.20. The molecule has 0 aliphatic rings. The molecule has 1 rings (SSSR count). The van der Waals surface area contributed by atoms with Gasteiger partial charge in [-0.25, -0.2) is 18.6 Å². The maximum atomic E-state index is 12.5. The summed E-state index contributed by atoms with van der Waals surface area (Å²) in [4.78, 5) is 14.6. The Morgan fingerprint density at radius 3 is 2.73 bits per heavy atom. The molecule has 0 unspecified atom stereocenters. The van der Waals surface area contributed by atoms with Crippen molar-refractivity contribution in [1.82, 2.24) is 4.98 Å². The highest BCUT2D eigenvalue weighted by Gasteiger charge is 2.22. The van der Waals surface area contributed by atoms with Crippen molar-refractivity contribution in [3.63, 3.8) is 0 Å². The van der Waals surface area contributed by atoms with Gasteiger partial charge in [0.15, 0.2) is 5.69 Å². The molecule has 4 nitrogen and oxygen atoms in total. The van der Waals surface area contributed by atoms with Crippen LogP contribution >= 0.6 is 15.9 Å². The van der Waals surface area contributed by atoms with E-state index in [1.54, 1.807) is 0 Å². The molecule has 0 amide bonds. The number of methoxy groups -OCH3 is 1. The van der Waals surface area contributed by atoms with Crippen molar-refractivity contribution in [2.75, 3.05) is 7.11 Å². The average molecular weight is 282 g/mol. The van der Waals surface area contributed by atoms with Crippen LogP contribution < -0.4 is 0 Å². The third-order valence-electron chi connectivity index (χ3n) is 1.60. The van der Waals surface area contributed by atoms with E-state index in [-0.39, 0.29) is 4.60 Å². The number of hydrogen-bond acceptors (Lipinski definition) is 4. The van der Waals surface area contributed by atoms with Crippen LogP contribution in [0.15, 0.2) is 10.7 Å².